The third kappa shape index (κ3) is 2.39. The number of carboxylic acid groups (broad SMARTS) is 1. The van der Waals surface area contributed by atoms with Gasteiger partial charge in [0, 0.05) is 23.6 Å². The molecule has 3 nitrogen and oxygen atoms in total. The molecule has 22 heavy (non-hydrogen) atoms. The van der Waals surface area contributed by atoms with Crippen molar-refractivity contribution in [3.63, 3.8) is 0 Å². The van der Waals surface area contributed by atoms with Crippen LogP contribution in [0.4, 0.5) is 0 Å². The molecule has 0 radical (unpaired) electrons. The van der Waals surface area contributed by atoms with Gasteiger partial charge in [0.25, 0.3) is 0 Å². The summed E-state index contributed by atoms with van der Waals surface area (Å²) in [5, 5.41) is 12.2. The maximum atomic E-state index is 11.1. The predicted octanol–water partition coefficient (Wildman–Crippen LogP) is 2.98. The molecule has 0 bridgehead atoms. The lowest BCUT2D eigenvalue weighted by Gasteiger charge is -2.12. The average Bonchev–Trinajstić information content (AvgIpc) is 2.79. The van der Waals surface area contributed by atoms with Crippen LogP contribution >= 0.6 is 0 Å². The van der Waals surface area contributed by atoms with Crippen molar-refractivity contribution in [1.29, 1.82) is 0 Å². The van der Waals surface area contributed by atoms with E-state index in [9.17, 15) is 9.90 Å². The number of aromatic nitrogens is 1. The molecule has 0 amide bonds. The van der Waals surface area contributed by atoms with Crippen molar-refractivity contribution in [2.45, 2.75) is 27.3 Å². The van der Waals surface area contributed by atoms with Crippen LogP contribution in [-0.4, -0.2) is 10.5 Å². The molecule has 3 heteroatoms. The summed E-state index contributed by atoms with van der Waals surface area (Å²) in [5.41, 5.74) is 6.06. The van der Waals surface area contributed by atoms with Crippen molar-refractivity contribution >= 4 is 16.9 Å². The zero-order valence-corrected chi connectivity index (χ0v) is 13.0. The first kappa shape index (κ1) is 14.4. The third-order valence-corrected chi connectivity index (χ3v) is 4.29. The molecular formula is C19H18NO2-. The van der Waals surface area contributed by atoms with Gasteiger partial charge in [0.15, 0.2) is 0 Å². The Morgan fingerprint density at radius 1 is 1.05 bits per heavy atom. The molecule has 112 valence electrons. The van der Waals surface area contributed by atoms with E-state index in [4.69, 9.17) is 0 Å². The molecule has 0 saturated heterocycles. The highest BCUT2D eigenvalue weighted by Crippen LogP contribution is 2.24. The van der Waals surface area contributed by atoms with E-state index in [0.29, 0.717) is 0 Å². The summed E-state index contributed by atoms with van der Waals surface area (Å²) in [7, 11) is 0. The summed E-state index contributed by atoms with van der Waals surface area (Å²) in [6, 6.07) is 11.4. The van der Waals surface area contributed by atoms with E-state index < -0.39 is 5.97 Å². The zero-order chi connectivity index (χ0) is 15.9. The number of rotatable bonds is 3. The maximum Gasteiger partial charge on any atom is 0.0716 e. The van der Waals surface area contributed by atoms with Crippen LogP contribution in [0.3, 0.4) is 0 Å². The average molecular weight is 292 g/mol. The Labute approximate surface area is 129 Å². The highest BCUT2D eigenvalue weighted by molar-refractivity contribution is 5.93. The summed E-state index contributed by atoms with van der Waals surface area (Å²) in [6.07, 6.45) is 2.08. The van der Waals surface area contributed by atoms with E-state index in [1.54, 1.807) is 12.1 Å². The summed E-state index contributed by atoms with van der Waals surface area (Å²) in [4.78, 5) is 11.1. The molecule has 0 spiro atoms. The van der Waals surface area contributed by atoms with E-state index in [1.165, 1.54) is 16.7 Å². The molecule has 0 unspecified atom stereocenters. The van der Waals surface area contributed by atoms with Crippen LogP contribution in [0.15, 0.2) is 42.6 Å². The van der Waals surface area contributed by atoms with Crippen LogP contribution in [0.2, 0.25) is 0 Å². The van der Waals surface area contributed by atoms with Crippen LogP contribution in [0, 0.1) is 20.8 Å². The largest absolute Gasteiger partial charge is 0.545 e. The fraction of sp³-hybridized carbons (Fsp3) is 0.211. The summed E-state index contributed by atoms with van der Waals surface area (Å²) < 4.78 is 2.12. The van der Waals surface area contributed by atoms with Crippen molar-refractivity contribution in [3.8, 4) is 0 Å². The predicted molar refractivity (Wildman–Crippen MR) is 86.0 cm³/mol. The van der Waals surface area contributed by atoms with E-state index in [0.717, 1.165) is 23.0 Å². The van der Waals surface area contributed by atoms with Crippen LogP contribution in [0.5, 0.6) is 0 Å². The fourth-order valence-electron chi connectivity index (χ4n) is 3.00. The number of hydrogen-bond donors (Lipinski definition) is 0. The van der Waals surface area contributed by atoms with Gasteiger partial charge in [-0.1, -0.05) is 30.3 Å². The van der Waals surface area contributed by atoms with Crippen LogP contribution in [-0.2, 0) is 6.54 Å². The smallest absolute Gasteiger partial charge is 0.0716 e. The highest BCUT2D eigenvalue weighted by Gasteiger charge is 2.09. The monoisotopic (exact) mass is 292 g/mol. The molecule has 0 aliphatic rings. The molecule has 0 aliphatic heterocycles. The number of aryl methyl sites for hydroxylation is 3. The number of aromatic carboxylic acids is 1. The molecule has 1 heterocycles. The molecule has 0 aliphatic carbocycles. The molecule has 0 saturated carbocycles. The number of carboxylic acids is 1. The summed E-state index contributed by atoms with van der Waals surface area (Å²) in [6.45, 7) is 6.99. The summed E-state index contributed by atoms with van der Waals surface area (Å²) >= 11 is 0. The number of nitrogens with zero attached hydrogens (tertiary/aromatic N) is 1. The van der Waals surface area contributed by atoms with Crippen LogP contribution in [0.1, 0.15) is 32.6 Å². The number of carbonyl (C=O) groups is 1. The molecule has 0 fully saturated rings. The SMILES string of the molecule is Cc1cccc(C)c1Cn1cc(C)c2ccc(C(=O)[O-])cc21. The van der Waals surface area contributed by atoms with Crippen molar-refractivity contribution in [3.05, 3.63) is 70.4 Å². The van der Waals surface area contributed by atoms with E-state index >= 15 is 0 Å². The fourth-order valence-corrected chi connectivity index (χ4v) is 3.00. The second-order valence-electron chi connectivity index (χ2n) is 5.83. The van der Waals surface area contributed by atoms with Gasteiger partial charge in [0.05, 0.1) is 5.97 Å². The lowest BCUT2D eigenvalue weighted by Crippen LogP contribution is -2.22. The molecule has 1 aromatic heterocycles. The Hall–Kier alpha value is -2.55. The van der Waals surface area contributed by atoms with Crippen molar-refractivity contribution < 1.29 is 9.90 Å². The molecule has 0 N–H and O–H groups in total. The van der Waals surface area contributed by atoms with Crippen molar-refractivity contribution in [1.82, 2.24) is 4.57 Å². The Balaban J connectivity index is 2.14. The van der Waals surface area contributed by atoms with Crippen molar-refractivity contribution in [2.75, 3.05) is 0 Å². The van der Waals surface area contributed by atoms with Gasteiger partial charge in [-0.25, -0.2) is 0 Å². The first-order valence-electron chi connectivity index (χ1n) is 7.33. The number of benzene rings is 2. The topological polar surface area (TPSA) is 45.1 Å². The van der Waals surface area contributed by atoms with Gasteiger partial charge >= 0.3 is 0 Å². The Bertz CT molecular complexity index is 854. The van der Waals surface area contributed by atoms with Crippen LogP contribution in [0.25, 0.3) is 10.9 Å². The normalized spacial score (nSPS) is 11.0. The quantitative estimate of drug-likeness (QED) is 0.745. The molecule has 2 aromatic carbocycles. The van der Waals surface area contributed by atoms with Crippen LogP contribution < -0.4 is 5.11 Å². The van der Waals surface area contributed by atoms with Gasteiger partial charge < -0.3 is 14.5 Å². The minimum absolute atomic E-state index is 0.216. The molecule has 0 atom stereocenters. The standard InChI is InChI=1S/C19H19NO2/c1-12-5-4-6-13(2)17(12)11-20-10-14(3)16-8-7-15(19(21)22)9-18(16)20/h4-10H,11H2,1-3H3,(H,21,22)/p-1. The minimum atomic E-state index is -1.14. The van der Waals surface area contributed by atoms with Gasteiger partial charge in [-0.2, -0.15) is 0 Å². The minimum Gasteiger partial charge on any atom is -0.545 e. The van der Waals surface area contributed by atoms with E-state index in [1.807, 2.05) is 13.0 Å². The first-order valence-corrected chi connectivity index (χ1v) is 7.33. The molecule has 3 aromatic rings. The lowest BCUT2D eigenvalue weighted by molar-refractivity contribution is -0.255. The van der Waals surface area contributed by atoms with Gasteiger partial charge in [-0.05, 0) is 54.7 Å². The Kier molecular flexibility index (Phi) is 3.49. The number of hydrogen-bond acceptors (Lipinski definition) is 2. The number of carbonyl (C=O) groups excluding carboxylic acids is 1. The molecule has 3 rings (SSSR count). The van der Waals surface area contributed by atoms with Gasteiger partial charge in [-0.3, -0.25) is 0 Å². The third-order valence-electron chi connectivity index (χ3n) is 4.29. The van der Waals surface area contributed by atoms with Gasteiger partial charge in [0.1, 0.15) is 0 Å². The Morgan fingerprint density at radius 3 is 2.36 bits per heavy atom. The Morgan fingerprint density at radius 2 is 1.73 bits per heavy atom. The zero-order valence-electron chi connectivity index (χ0n) is 13.0. The van der Waals surface area contributed by atoms with E-state index in [2.05, 4.69) is 42.8 Å². The first-order chi connectivity index (χ1) is 10.5. The van der Waals surface area contributed by atoms with E-state index in [-0.39, 0.29) is 5.56 Å². The van der Waals surface area contributed by atoms with Gasteiger partial charge in [0.2, 0.25) is 0 Å². The summed E-state index contributed by atoms with van der Waals surface area (Å²) in [5.74, 6) is -1.14. The van der Waals surface area contributed by atoms with Gasteiger partial charge in [-0.15, -0.1) is 0 Å². The maximum absolute atomic E-state index is 11.1. The lowest BCUT2D eigenvalue weighted by atomic mass is 10.0. The highest BCUT2D eigenvalue weighted by atomic mass is 16.4. The molecular weight excluding hydrogens is 274 g/mol. The number of fused-ring (bicyclic) bond motifs is 1. The second kappa shape index (κ2) is 5.34. The van der Waals surface area contributed by atoms with Crippen molar-refractivity contribution in [2.24, 2.45) is 0 Å². The second-order valence-corrected chi connectivity index (χ2v) is 5.83.